The number of methoxy groups -OCH3 is 1. The van der Waals surface area contributed by atoms with Gasteiger partial charge in [-0.15, -0.1) is 6.42 Å². The number of ether oxygens (including phenoxy) is 4. The molecule has 3 rings (SSSR count). The first-order chi connectivity index (χ1) is 16.2. The molecule has 0 bridgehead atoms. The van der Waals surface area contributed by atoms with Crippen LogP contribution in [0.15, 0.2) is 48.5 Å². The van der Waals surface area contributed by atoms with Crippen LogP contribution in [0.3, 0.4) is 0 Å². The average Bonchev–Trinajstić information content (AvgIpc) is 2.82. The van der Waals surface area contributed by atoms with Crippen LogP contribution in [0, 0.1) is 12.3 Å². The number of terminal acetylenes is 1. The lowest BCUT2D eigenvalue weighted by atomic mass is 9.97. The van der Waals surface area contributed by atoms with E-state index in [0.717, 1.165) is 0 Å². The first-order valence-corrected chi connectivity index (χ1v) is 12.7. The van der Waals surface area contributed by atoms with Crippen molar-refractivity contribution in [3.05, 3.63) is 54.1 Å². The summed E-state index contributed by atoms with van der Waals surface area (Å²) < 4.78 is 34.6. The number of benzene rings is 2. The van der Waals surface area contributed by atoms with E-state index in [0.29, 0.717) is 22.8 Å². The van der Waals surface area contributed by atoms with E-state index in [-0.39, 0.29) is 25.4 Å². The summed E-state index contributed by atoms with van der Waals surface area (Å²) in [7, 11) is -2.15. The van der Waals surface area contributed by atoms with Gasteiger partial charge < -0.3 is 39.2 Å². The van der Waals surface area contributed by atoms with Crippen LogP contribution in [0.25, 0.3) is 0 Å². The Kier molecular flexibility index (Phi) is 8.97. The van der Waals surface area contributed by atoms with E-state index in [1.54, 1.807) is 48.5 Å². The van der Waals surface area contributed by atoms with E-state index in [9.17, 15) is 24.8 Å². The number of rotatable bonds is 10. The van der Waals surface area contributed by atoms with Crippen molar-refractivity contribution in [1.82, 2.24) is 0 Å². The second kappa shape index (κ2) is 11.7. The molecule has 1 aliphatic rings. The van der Waals surface area contributed by atoms with E-state index >= 15 is 0 Å². The summed E-state index contributed by atoms with van der Waals surface area (Å²) in [5.41, 5.74) is 0.599. The minimum absolute atomic E-state index is 0.0333. The van der Waals surface area contributed by atoms with Crippen molar-refractivity contribution in [2.24, 2.45) is 0 Å². The van der Waals surface area contributed by atoms with E-state index in [1.807, 2.05) is 0 Å². The fourth-order valence-corrected chi connectivity index (χ4v) is 5.18. The van der Waals surface area contributed by atoms with Gasteiger partial charge in [-0.05, 0) is 48.4 Å². The molecule has 1 saturated heterocycles. The third kappa shape index (κ3) is 6.97. The van der Waals surface area contributed by atoms with Crippen LogP contribution in [0.1, 0.15) is 12.0 Å². The second-order valence-corrected chi connectivity index (χ2v) is 10.4. The van der Waals surface area contributed by atoms with E-state index in [4.69, 9.17) is 25.4 Å². The van der Waals surface area contributed by atoms with Crippen LogP contribution in [0.4, 0.5) is 0 Å². The fraction of sp³-hybridized carbons (Fsp3) is 0.417. The molecule has 0 radical (unpaired) electrons. The largest absolute Gasteiger partial charge is 0.497 e. The first-order valence-electron chi connectivity index (χ1n) is 10.7. The van der Waals surface area contributed by atoms with Gasteiger partial charge in [0.25, 0.3) is 0 Å². The summed E-state index contributed by atoms with van der Waals surface area (Å²) in [5, 5.41) is 30.9. The Morgan fingerprint density at radius 1 is 1.03 bits per heavy atom. The van der Waals surface area contributed by atoms with Crippen molar-refractivity contribution < 1.29 is 43.7 Å². The number of hydrogen-bond acceptors (Lipinski definition) is 8. The molecule has 0 aromatic heterocycles. The van der Waals surface area contributed by atoms with Gasteiger partial charge in [0, 0.05) is 12.3 Å². The Labute approximate surface area is 198 Å². The standard InChI is InChI=1S/C24H29O9P/c1-3-12-31-19-6-4-5-16(14-19)15-34(28,29)13-11-20-21(25)22(26)23(27)24(33-20)32-18-9-7-17(30-2)8-10-18/h1,4-10,14,20-27H,11-13,15H2,2H3,(H,28,29)/t20-,21-,22+,23+,24?/m1/s1. The lowest BCUT2D eigenvalue weighted by molar-refractivity contribution is -0.272. The maximum Gasteiger partial charge on any atom is 0.229 e. The van der Waals surface area contributed by atoms with Crippen LogP contribution in [-0.4, -0.2) is 70.8 Å². The summed E-state index contributed by atoms with van der Waals surface area (Å²) in [6.07, 6.45) is -1.96. The lowest BCUT2D eigenvalue weighted by Crippen LogP contribution is -2.59. The van der Waals surface area contributed by atoms with Gasteiger partial charge in [-0.2, -0.15) is 0 Å². The predicted octanol–water partition coefficient (Wildman–Crippen LogP) is 1.75. The zero-order chi connectivity index (χ0) is 24.7. The van der Waals surface area contributed by atoms with Crippen LogP contribution >= 0.6 is 7.37 Å². The van der Waals surface area contributed by atoms with E-state index in [2.05, 4.69) is 5.92 Å². The topological polar surface area (TPSA) is 135 Å². The quantitative estimate of drug-likeness (QED) is 0.289. The molecule has 184 valence electrons. The highest BCUT2D eigenvalue weighted by Crippen LogP contribution is 2.46. The highest BCUT2D eigenvalue weighted by Gasteiger charge is 2.45. The summed E-state index contributed by atoms with van der Waals surface area (Å²) in [6, 6.07) is 13.3. The molecule has 0 spiro atoms. The molecular formula is C24H29O9P. The van der Waals surface area contributed by atoms with Gasteiger partial charge in [0.05, 0.1) is 13.2 Å². The molecule has 0 aliphatic carbocycles. The van der Waals surface area contributed by atoms with Gasteiger partial charge in [-0.25, -0.2) is 0 Å². The maximum absolute atomic E-state index is 12.8. The smallest absolute Gasteiger partial charge is 0.229 e. The molecule has 9 nitrogen and oxygen atoms in total. The third-order valence-corrected chi connectivity index (χ3v) is 7.21. The molecule has 2 aromatic carbocycles. The molecule has 4 N–H and O–H groups in total. The van der Waals surface area contributed by atoms with Crippen molar-refractivity contribution in [3.8, 4) is 29.6 Å². The van der Waals surface area contributed by atoms with Gasteiger partial charge in [0.2, 0.25) is 13.7 Å². The molecular weight excluding hydrogens is 463 g/mol. The normalized spacial score (nSPS) is 26.2. The van der Waals surface area contributed by atoms with Crippen molar-refractivity contribution in [3.63, 3.8) is 0 Å². The Morgan fingerprint density at radius 3 is 2.41 bits per heavy atom. The summed E-state index contributed by atoms with van der Waals surface area (Å²) in [4.78, 5) is 10.5. The Hall–Kier alpha value is -2.57. The predicted molar refractivity (Wildman–Crippen MR) is 124 cm³/mol. The molecule has 10 heteroatoms. The fourth-order valence-electron chi connectivity index (χ4n) is 3.59. The second-order valence-electron chi connectivity index (χ2n) is 7.96. The molecule has 1 aliphatic heterocycles. The monoisotopic (exact) mass is 492 g/mol. The maximum atomic E-state index is 12.8. The molecule has 1 heterocycles. The van der Waals surface area contributed by atoms with Gasteiger partial charge in [-0.3, -0.25) is 4.57 Å². The van der Waals surface area contributed by atoms with Crippen LogP contribution < -0.4 is 14.2 Å². The van der Waals surface area contributed by atoms with Gasteiger partial charge in [0.1, 0.15) is 42.2 Å². The number of aliphatic hydroxyl groups excluding tert-OH is 3. The number of hydrogen-bond donors (Lipinski definition) is 4. The SMILES string of the molecule is C#CCOc1cccc(CP(=O)(O)CC[C@H]2OC(Oc3ccc(OC)cc3)[C@@H](O)[C@@H](O)[C@@H]2O)c1. The minimum Gasteiger partial charge on any atom is -0.497 e. The zero-order valence-corrected chi connectivity index (χ0v) is 19.6. The molecule has 34 heavy (non-hydrogen) atoms. The summed E-state index contributed by atoms with van der Waals surface area (Å²) >= 11 is 0. The van der Waals surface area contributed by atoms with E-state index < -0.39 is 38.1 Å². The van der Waals surface area contributed by atoms with Gasteiger partial charge >= 0.3 is 0 Å². The van der Waals surface area contributed by atoms with Crippen molar-refractivity contribution >= 4 is 7.37 Å². The molecule has 2 unspecified atom stereocenters. The van der Waals surface area contributed by atoms with Crippen LogP contribution in [0.2, 0.25) is 0 Å². The number of aliphatic hydroxyl groups is 3. The van der Waals surface area contributed by atoms with Crippen molar-refractivity contribution in [1.29, 1.82) is 0 Å². The molecule has 0 amide bonds. The molecule has 1 fully saturated rings. The highest BCUT2D eigenvalue weighted by molar-refractivity contribution is 7.57. The molecule has 6 atom stereocenters. The first kappa shape index (κ1) is 26.0. The molecule has 0 saturated carbocycles. The third-order valence-electron chi connectivity index (χ3n) is 5.39. The average molecular weight is 492 g/mol. The van der Waals surface area contributed by atoms with Gasteiger partial charge in [0.15, 0.2) is 0 Å². The Balaban J connectivity index is 1.61. The van der Waals surface area contributed by atoms with E-state index in [1.165, 1.54) is 7.11 Å². The Morgan fingerprint density at radius 2 is 1.74 bits per heavy atom. The van der Waals surface area contributed by atoms with Crippen LogP contribution in [0.5, 0.6) is 17.2 Å². The summed E-state index contributed by atoms with van der Waals surface area (Å²) in [5.74, 6) is 3.82. The van der Waals surface area contributed by atoms with Crippen molar-refractivity contribution in [2.75, 3.05) is 19.9 Å². The lowest BCUT2D eigenvalue weighted by Gasteiger charge is -2.40. The summed E-state index contributed by atoms with van der Waals surface area (Å²) in [6.45, 7) is 0.0884. The van der Waals surface area contributed by atoms with Crippen LogP contribution in [-0.2, 0) is 15.5 Å². The molecule has 2 aromatic rings. The minimum atomic E-state index is -3.67. The Bertz CT molecular complexity index is 1020. The zero-order valence-electron chi connectivity index (χ0n) is 18.7. The highest BCUT2D eigenvalue weighted by atomic mass is 31.2. The van der Waals surface area contributed by atoms with Crippen molar-refractivity contribution in [2.45, 2.75) is 43.3 Å². The van der Waals surface area contributed by atoms with Gasteiger partial charge in [-0.1, -0.05) is 18.1 Å².